The van der Waals surface area contributed by atoms with Crippen molar-refractivity contribution in [2.75, 3.05) is 39.3 Å². The molecule has 1 aromatic carbocycles. The summed E-state index contributed by atoms with van der Waals surface area (Å²) < 4.78 is 0. The fourth-order valence-corrected chi connectivity index (χ4v) is 5.54. The average molecular weight is 534 g/mol. The summed E-state index contributed by atoms with van der Waals surface area (Å²) in [5, 5.41) is 3.14. The van der Waals surface area contributed by atoms with Gasteiger partial charge in [-0.1, -0.05) is 32.4 Å². The number of hydrogen-bond acceptors (Lipinski definition) is 5. The minimum Gasteiger partial charge on any atom is -0.352 e. The van der Waals surface area contributed by atoms with Crippen LogP contribution in [0.15, 0.2) is 49.1 Å². The second kappa shape index (κ2) is 15.6. The van der Waals surface area contributed by atoms with Gasteiger partial charge in [0.15, 0.2) is 0 Å². The van der Waals surface area contributed by atoms with Gasteiger partial charge in [0.1, 0.15) is 11.6 Å². The van der Waals surface area contributed by atoms with Crippen molar-refractivity contribution in [3.05, 3.63) is 71.8 Å². The largest absolute Gasteiger partial charge is 0.352 e. The van der Waals surface area contributed by atoms with Crippen LogP contribution in [0.3, 0.4) is 0 Å². The van der Waals surface area contributed by atoms with Crippen LogP contribution in [-0.4, -0.2) is 74.9 Å². The van der Waals surface area contributed by atoms with E-state index in [1.54, 1.807) is 12.4 Å². The van der Waals surface area contributed by atoms with Crippen molar-refractivity contribution in [2.45, 2.75) is 65.3 Å². The van der Waals surface area contributed by atoms with E-state index >= 15 is 0 Å². The molecule has 1 saturated heterocycles. The monoisotopic (exact) mass is 533 g/mol. The SMILES string of the molecule is CC(C)CN1CCCCCN(Cc2ccc(C(=O)NCC(Cc3ncc[nH]3)Cc3ncc[nH]3)cc2)CCCC1. The Morgan fingerprint density at radius 2 is 1.41 bits per heavy atom. The Balaban J connectivity index is 1.26. The molecule has 3 N–H and O–H groups in total. The molecule has 0 atom stereocenters. The quantitative estimate of drug-likeness (QED) is 0.333. The molecular formula is C31H47N7O. The molecule has 0 aliphatic carbocycles. The third-order valence-electron chi connectivity index (χ3n) is 7.52. The highest BCUT2D eigenvalue weighted by Crippen LogP contribution is 2.14. The van der Waals surface area contributed by atoms with Crippen molar-refractivity contribution in [1.82, 2.24) is 35.1 Å². The Labute approximate surface area is 234 Å². The average Bonchev–Trinajstić information content (AvgIpc) is 3.63. The van der Waals surface area contributed by atoms with Gasteiger partial charge >= 0.3 is 0 Å². The van der Waals surface area contributed by atoms with Crippen molar-refractivity contribution < 1.29 is 4.79 Å². The molecule has 1 aliphatic heterocycles. The van der Waals surface area contributed by atoms with Crippen molar-refractivity contribution in [3.63, 3.8) is 0 Å². The maximum Gasteiger partial charge on any atom is 0.251 e. The number of aromatic nitrogens is 4. The number of H-pyrrole nitrogens is 2. The van der Waals surface area contributed by atoms with E-state index in [0.717, 1.165) is 50.0 Å². The molecule has 8 nitrogen and oxygen atoms in total. The number of carbonyl (C=O) groups excluding carboxylic acids is 1. The van der Waals surface area contributed by atoms with Crippen LogP contribution in [0.4, 0.5) is 0 Å². The summed E-state index contributed by atoms with van der Waals surface area (Å²) in [6.07, 6.45) is 15.0. The van der Waals surface area contributed by atoms with E-state index in [1.165, 1.54) is 57.3 Å². The number of benzene rings is 1. The van der Waals surface area contributed by atoms with Gasteiger partial charge < -0.3 is 20.2 Å². The molecule has 8 heteroatoms. The van der Waals surface area contributed by atoms with Crippen LogP contribution in [0.25, 0.3) is 0 Å². The van der Waals surface area contributed by atoms with Crippen molar-refractivity contribution in [3.8, 4) is 0 Å². The second-order valence-corrected chi connectivity index (χ2v) is 11.5. The molecule has 3 aromatic rings. The van der Waals surface area contributed by atoms with E-state index in [-0.39, 0.29) is 11.8 Å². The Hall–Kier alpha value is -2.97. The molecule has 0 spiro atoms. The van der Waals surface area contributed by atoms with Crippen LogP contribution in [0.2, 0.25) is 0 Å². The molecule has 0 bridgehead atoms. The highest BCUT2D eigenvalue weighted by atomic mass is 16.1. The highest BCUT2D eigenvalue weighted by molar-refractivity contribution is 5.94. The van der Waals surface area contributed by atoms with Crippen LogP contribution in [-0.2, 0) is 19.4 Å². The summed E-state index contributed by atoms with van der Waals surface area (Å²) in [5.41, 5.74) is 1.98. The van der Waals surface area contributed by atoms with E-state index in [4.69, 9.17) is 0 Å². The Morgan fingerprint density at radius 3 is 1.95 bits per heavy atom. The van der Waals surface area contributed by atoms with Crippen molar-refractivity contribution in [2.24, 2.45) is 11.8 Å². The lowest BCUT2D eigenvalue weighted by atomic mass is 10.00. The zero-order valence-electron chi connectivity index (χ0n) is 23.9. The first-order valence-electron chi connectivity index (χ1n) is 14.8. The Bertz CT molecular complexity index is 1030. The normalized spacial score (nSPS) is 16.4. The first kappa shape index (κ1) is 29.0. The summed E-state index contributed by atoms with van der Waals surface area (Å²) in [4.78, 5) is 33.3. The van der Waals surface area contributed by atoms with E-state index in [1.807, 2.05) is 24.5 Å². The van der Waals surface area contributed by atoms with Gasteiger partial charge in [0.25, 0.3) is 5.91 Å². The number of amides is 1. The number of aromatic amines is 2. The Morgan fingerprint density at radius 1 is 0.846 bits per heavy atom. The van der Waals surface area contributed by atoms with Gasteiger partial charge in [-0.25, -0.2) is 9.97 Å². The van der Waals surface area contributed by atoms with E-state index in [2.05, 4.69) is 61.0 Å². The highest BCUT2D eigenvalue weighted by Gasteiger charge is 2.16. The summed E-state index contributed by atoms with van der Waals surface area (Å²) in [7, 11) is 0. The summed E-state index contributed by atoms with van der Waals surface area (Å²) in [6.45, 7) is 12.1. The minimum atomic E-state index is -0.0355. The molecule has 4 rings (SSSR count). The maximum absolute atomic E-state index is 13.0. The number of rotatable bonds is 11. The third kappa shape index (κ3) is 10.3. The lowest BCUT2D eigenvalue weighted by Crippen LogP contribution is -2.31. The maximum atomic E-state index is 13.0. The van der Waals surface area contributed by atoms with Crippen LogP contribution in [0, 0.1) is 11.8 Å². The smallest absolute Gasteiger partial charge is 0.251 e. The van der Waals surface area contributed by atoms with E-state index < -0.39 is 0 Å². The van der Waals surface area contributed by atoms with Crippen LogP contribution >= 0.6 is 0 Å². The molecule has 0 unspecified atom stereocenters. The van der Waals surface area contributed by atoms with Crippen LogP contribution in [0.1, 0.15) is 73.5 Å². The fraction of sp³-hybridized carbons (Fsp3) is 0.581. The van der Waals surface area contributed by atoms with Crippen molar-refractivity contribution in [1.29, 1.82) is 0 Å². The standard InChI is InChI=1S/C31H47N7O/c1-25(2)23-37-16-4-3-5-17-38(19-7-6-18-37)24-26-8-10-28(11-9-26)31(39)36-22-27(20-29-32-12-13-33-29)21-30-34-14-15-35-30/h8-15,25,27H,3-7,16-24H2,1-2H3,(H,32,33)(H,34,35)(H,36,39). The molecule has 39 heavy (non-hydrogen) atoms. The molecular weight excluding hydrogens is 486 g/mol. The topological polar surface area (TPSA) is 92.9 Å². The van der Waals surface area contributed by atoms with Gasteiger partial charge in [-0.2, -0.15) is 0 Å². The molecule has 212 valence electrons. The zero-order chi connectivity index (χ0) is 27.3. The van der Waals surface area contributed by atoms with Crippen LogP contribution < -0.4 is 5.32 Å². The fourth-order valence-electron chi connectivity index (χ4n) is 5.54. The van der Waals surface area contributed by atoms with Crippen LogP contribution in [0.5, 0.6) is 0 Å². The van der Waals surface area contributed by atoms with Gasteiger partial charge in [0.05, 0.1) is 0 Å². The lowest BCUT2D eigenvalue weighted by molar-refractivity contribution is 0.0946. The molecule has 0 saturated carbocycles. The predicted molar refractivity (Wildman–Crippen MR) is 156 cm³/mol. The molecule has 0 radical (unpaired) electrons. The first-order valence-corrected chi connectivity index (χ1v) is 14.8. The summed E-state index contributed by atoms with van der Waals surface area (Å²) in [6, 6.07) is 8.17. The summed E-state index contributed by atoms with van der Waals surface area (Å²) in [5.74, 6) is 2.73. The second-order valence-electron chi connectivity index (χ2n) is 11.5. The number of carbonyl (C=O) groups is 1. The third-order valence-corrected chi connectivity index (χ3v) is 7.52. The first-order chi connectivity index (χ1) is 19.0. The van der Waals surface area contributed by atoms with Gasteiger partial charge in [0.2, 0.25) is 0 Å². The van der Waals surface area contributed by atoms with Gasteiger partial charge in [-0.15, -0.1) is 0 Å². The van der Waals surface area contributed by atoms with E-state index in [0.29, 0.717) is 12.1 Å². The molecule has 1 fully saturated rings. The number of nitrogens with one attached hydrogen (secondary N) is 3. The zero-order valence-corrected chi connectivity index (χ0v) is 23.9. The predicted octanol–water partition coefficient (Wildman–Crippen LogP) is 4.69. The number of imidazole rings is 2. The van der Waals surface area contributed by atoms with E-state index in [9.17, 15) is 4.79 Å². The lowest BCUT2D eigenvalue weighted by Gasteiger charge is -2.24. The summed E-state index contributed by atoms with van der Waals surface area (Å²) >= 11 is 0. The molecule has 1 aliphatic rings. The van der Waals surface area contributed by atoms with Gasteiger partial charge in [-0.05, 0) is 81.4 Å². The number of nitrogens with zero attached hydrogens (tertiary/aromatic N) is 4. The van der Waals surface area contributed by atoms with Crippen molar-refractivity contribution >= 4 is 5.91 Å². The van der Waals surface area contributed by atoms with Gasteiger partial charge in [0, 0.05) is 62.8 Å². The minimum absolute atomic E-state index is 0.0355. The molecule has 2 aromatic heterocycles. The number of hydrogen-bond donors (Lipinski definition) is 3. The molecule has 3 heterocycles. The Kier molecular flexibility index (Phi) is 11.6. The molecule has 1 amide bonds. The van der Waals surface area contributed by atoms with Gasteiger partial charge in [-0.3, -0.25) is 9.69 Å².